The van der Waals surface area contributed by atoms with Gasteiger partial charge in [-0.25, -0.2) is 9.38 Å². The maximum absolute atomic E-state index is 12.6. The smallest absolute Gasteiger partial charge is 0.246 e. The standard InChI is InChI=1S/C12H17FN4O.HI/c1-2-7-15-12(14)16-8-11(18)17-10-5-3-9(13)4-6-10;/h3-6H,2,7-8H2,1H3,(H,17,18)(H3,14,15,16);1H. The van der Waals surface area contributed by atoms with Gasteiger partial charge in [-0.1, -0.05) is 6.92 Å². The Bertz CT molecular complexity index is 422. The molecule has 19 heavy (non-hydrogen) atoms. The van der Waals surface area contributed by atoms with Crippen LogP contribution in [0.15, 0.2) is 29.3 Å². The largest absolute Gasteiger partial charge is 0.370 e. The Morgan fingerprint density at radius 3 is 2.58 bits per heavy atom. The van der Waals surface area contributed by atoms with Gasteiger partial charge in [0.2, 0.25) is 5.91 Å². The maximum atomic E-state index is 12.6. The van der Waals surface area contributed by atoms with Crippen molar-refractivity contribution in [3.63, 3.8) is 0 Å². The Balaban J connectivity index is 0.00000324. The third-order valence-corrected chi connectivity index (χ3v) is 2.08. The Kier molecular flexibility index (Phi) is 8.84. The minimum absolute atomic E-state index is 0. The highest BCUT2D eigenvalue weighted by Gasteiger charge is 2.01. The van der Waals surface area contributed by atoms with E-state index in [-0.39, 0.29) is 48.2 Å². The van der Waals surface area contributed by atoms with Crippen molar-refractivity contribution in [3.05, 3.63) is 30.1 Å². The van der Waals surface area contributed by atoms with Crippen molar-refractivity contribution in [1.29, 1.82) is 0 Å². The van der Waals surface area contributed by atoms with Gasteiger partial charge in [0.05, 0.1) is 0 Å². The average Bonchev–Trinajstić information content (AvgIpc) is 2.36. The predicted molar refractivity (Wildman–Crippen MR) is 85.2 cm³/mol. The molecule has 0 saturated carbocycles. The van der Waals surface area contributed by atoms with Gasteiger partial charge in [0.1, 0.15) is 12.4 Å². The summed E-state index contributed by atoms with van der Waals surface area (Å²) in [5.74, 6) is -0.409. The fraction of sp³-hybridized carbons (Fsp3) is 0.333. The molecule has 0 aliphatic carbocycles. The van der Waals surface area contributed by atoms with E-state index in [1.165, 1.54) is 24.3 Å². The monoisotopic (exact) mass is 380 g/mol. The van der Waals surface area contributed by atoms with Crippen LogP contribution in [0.3, 0.4) is 0 Å². The zero-order chi connectivity index (χ0) is 13.4. The maximum Gasteiger partial charge on any atom is 0.246 e. The number of nitrogens with one attached hydrogen (secondary N) is 2. The highest BCUT2D eigenvalue weighted by molar-refractivity contribution is 14.0. The van der Waals surface area contributed by atoms with Crippen molar-refractivity contribution in [2.75, 3.05) is 18.4 Å². The molecule has 106 valence electrons. The first-order valence-electron chi connectivity index (χ1n) is 5.71. The quantitative estimate of drug-likeness (QED) is 0.413. The topological polar surface area (TPSA) is 79.5 Å². The van der Waals surface area contributed by atoms with Crippen molar-refractivity contribution in [3.8, 4) is 0 Å². The summed E-state index contributed by atoms with van der Waals surface area (Å²) in [4.78, 5) is 15.4. The van der Waals surface area contributed by atoms with Crippen LogP contribution in [-0.4, -0.2) is 25.0 Å². The van der Waals surface area contributed by atoms with Crippen molar-refractivity contribution < 1.29 is 9.18 Å². The first-order chi connectivity index (χ1) is 8.61. The van der Waals surface area contributed by atoms with Gasteiger partial charge in [0.25, 0.3) is 0 Å². The molecule has 0 heterocycles. The molecule has 0 fully saturated rings. The Morgan fingerprint density at radius 1 is 1.37 bits per heavy atom. The molecular weight excluding hydrogens is 362 g/mol. The van der Waals surface area contributed by atoms with Crippen LogP contribution in [0.1, 0.15) is 13.3 Å². The van der Waals surface area contributed by atoms with E-state index in [2.05, 4.69) is 15.6 Å². The highest BCUT2D eigenvalue weighted by atomic mass is 127. The molecule has 0 aromatic heterocycles. The first-order valence-corrected chi connectivity index (χ1v) is 5.71. The lowest BCUT2D eigenvalue weighted by Crippen LogP contribution is -2.33. The van der Waals surface area contributed by atoms with Gasteiger partial charge in [-0.2, -0.15) is 0 Å². The molecule has 0 atom stereocenters. The summed E-state index contributed by atoms with van der Waals surface area (Å²) < 4.78 is 12.6. The summed E-state index contributed by atoms with van der Waals surface area (Å²) >= 11 is 0. The van der Waals surface area contributed by atoms with Crippen LogP contribution >= 0.6 is 24.0 Å². The minimum Gasteiger partial charge on any atom is -0.370 e. The second kappa shape index (κ2) is 9.54. The number of nitrogens with zero attached hydrogens (tertiary/aromatic N) is 1. The van der Waals surface area contributed by atoms with Gasteiger partial charge in [-0.3, -0.25) is 4.79 Å². The molecule has 4 N–H and O–H groups in total. The van der Waals surface area contributed by atoms with E-state index < -0.39 is 0 Å². The third-order valence-electron chi connectivity index (χ3n) is 2.08. The number of aliphatic imine (C=N–C) groups is 1. The summed E-state index contributed by atoms with van der Waals surface area (Å²) in [5.41, 5.74) is 6.06. The number of guanidine groups is 1. The van der Waals surface area contributed by atoms with Crippen molar-refractivity contribution in [1.82, 2.24) is 5.32 Å². The molecular formula is C12H18FIN4O. The zero-order valence-corrected chi connectivity index (χ0v) is 13.0. The van der Waals surface area contributed by atoms with Gasteiger partial charge < -0.3 is 16.4 Å². The molecule has 7 heteroatoms. The lowest BCUT2D eigenvalue weighted by atomic mass is 10.3. The molecule has 1 amide bonds. The molecule has 0 unspecified atom stereocenters. The van der Waals surface area contributed by atoms with Crippen LogP contribution in [0, 0.1) is 5.82 Å². The first kappa shape index (κ1) is 17.6. The molecule has 0 saturated heterocycles. The lowest BCUT2D eigenvalue weighted by molar-refractivity contribution is -0.114. The number of carbonyl (C=O) groups excluding carboxylic acids is 1. The molecule has 1 aromatic rings. The lowest BCUT2D eigenvalue weighted by Gasteiger charge is -2.05. The van der Waals surface area contributed by atoms with E-state index in [4.69, 9.17) is 5.73 Å². The number of hydrogen-bond acceptors (Lipinski definition) is 2. The zero-order valence-electron chi connectivity index (χ0n) is 10.6. The summed E-state index contributed by atoms with van der Waals surface area (Å²) in [5, 5.41) is 5.44. The van der Waals surface area contributed by atoms with Crippen LogP contribution in [0.25, 0.3) is 0 Å². The number of nitrogens with two attached hydrogens (primary N) is 1. The summed E-state index contributed by atoms with van der Waals surface area (Å²) in [7, 11) is 0. The number of carbonyl (C=O) groups is 1. The molecule has 0 bridgehead atoms. The molecule has 0 aliphatic rings. The molecule has 1 aromatic carbocycles. The van der Waals surface area contributed by atoms with E-state index in [1.54, 1.807) is 0 Å². The van der Waals surface area contributed by atoms with E-state index in [0.717, 1.165) is 13.0 Å². The Labute approximate surface area is 128 Å². The van der Waals surface area contributed by atoms with Crippen LogP contribution in [0.2, 0.25) is 0 Å². The number of anilines is 1. The fourth-order valence-electron chi connectivity index (χ4n) is 1.20. The second-order valence-electron chi connectivity index (χ2n) is 3.68. The van der Waals surface area contributed by atoms with Crippen LogP contribution in [0.4, 0.5) is 10.1 Å². The second-order valence-corrected chi connectivity index (χ2v) is 3.68. The average molecular weight is 380 g/mol. The van der Waals surface area contributed by atoms with Gasteiger partial charge >= 0.3 is 0 Å². The number of rotatable bonds is 5. The predicted octanol–water partition coefficient (Wildman–Crippen LogP) is 1.70. The number of benzene rings is 1. The van der Waals surface area contributed by atoms with Gasteiger partial charge in [0, 0.05) is 12.2 Å². The molecule has 5 nitrogen and oxygen atoms in total. The third kappa shape index (κ3) is 7.60. The van der Waals surface area contributed by atoms with E-state index >= 15 is 0 Å². The van der Waals surface area contributed by atoms with Gasteiger partial charge in [0.15, 0.2) is 5.96 Å². The number of hydrogen-bond donors (Lipinski definition) is 3. The van der Waals surface area contributed by atoms with Gasteiger partial charge in [-0.15, -0.1) is 24.0 Å². The number of halogens is 2. The van der Waals surface area contributed by atoms with Crippen molar-refractivity contribution in [2.24, 2.45) is 10.7 Å². The molecule has 0 radical (unpaired) electrons. The highest BCUT2D eigenvalue weighted by Crippen LogP contribution is 2.07. The van der Waals surface area contributed by atoms with E-state index in [0.29, 0.717) is 5.69 Å². The summed E-state index contributed by atoms with van der Waals surface area (Å²) in [6, 6.07) is 5.51. The van der Waals surface area contributed by atoms with Crippen molar-refractivity contribution in [2.45, 2.75) is 13.3 Å². The Morgan fingerprint density at radius 2 is 2.00 bits per heavy atom. The Hall–Kier alpha value is -1.38. The van der Waals surface area contributed by atoms with Gasteiger partial charge in [-0.05, 0) is 30.7 Å². The minimum atomic E-state index is -0.348. The summed E-state index contributed by atoms with van der Waals surface area (Å²) in [6.45, 7) is 2.65. The number of amides is 1. The van der Waals surface area contributed by atoms with E-state index in [9.17, 15) is 9.18 Å². The van der Waals surface area contributed by atoms with E-state index in [1.807, 2.05) is 6.92 Å². The normalized spacial score (nSPS) is 10.5. The molecule has 0 spiro atoms. The van der Waals surface area contributed by atoms with Crippen LogP contribution < -0.4 is 16.4 Å². The van der Waals surface area contributed by atoms with Crippen LogP contribution in [-0.2, 0) is 4.79 Å². The summed E-state index contributed by atoms with van der Waals surface area (Å²) in [6.07, 6.45) is 0.929. The molecule has 0 aliphatic heterocycles. The molecule has 1 rings (SSSR count). The SMILES string of the molecule is CCCNC(N)=NCC(=O)Nc1ccc(F)cc1.I. The van der Waals surface area contributed by atoms with Crippen molar-refractivity contribution >= 4 is 41.5 Å². The fourth-order valence-corrected chi connectivity index (χ4v) is 1.20. The van der Waals surface area contributed by atoms with Crippen LogP contribution in [0.5, 0.6) is 0 Å².